The molecule has 0 aliphatic heterocycles. The monoisotopic (exact) mass is 146 g/mol. The van der Waals surface area contributed by atoms with Crippen molar-refractivity contribution in [2.45, 2.75) is 26.2 Å². The molecule has 0 unspecified atom stereocenters. The fourth-order valence-electron chi connectivity index (χ4n) is 0.667. The van der Waals surface area contributed by atoms with Crippen LogP contribution in [0.3, 0.4) is 0 Å². The Labute approximate surface area is 54.3 Å². The highest BCUT2D eigenvalue weighted by atomic mass is 28.3. The summed E-state index contributed by atoms with van der Waals surface area (Å²) in [5.74, 6) is 0. The van der Waals surface area contributed by atoms with Crippen LogP contribution in [0.2, 0.25) is 26.2 Å². The van der Waals surface area contributed by atoms with Gasteiger partial charge in [0.2, 0.25) is 0 Å². The summed E-state index contributed by atoms with van der Waals surface area (Å²) in [7, 11) is -1.80. The van der Waals surface area contributed by atoms with Gasteiger partial charge in [-0.25, -0.2) is 0 Å². The molecule has 0 radical (unpaired) electrons. The molecule has 0 aliphatic rings. The standard InChI is InChI=1S/C5H14OSi2/c1-7(2)5(6)8(3)4/h7-8H,1-4H3. The number of carbonyl (C=O) groups is 1. The molecule has 0 aliphatic carbocycles. The molecule has 0 aromatic carbocycles. The lowest BCUT2D eigenvalue weighted by Crippen LogP contribution is -2.28. The van der Waals surface area contributed by atoms with Gasteiger partial charge in [0.1, 0.15) is 17.6 Å². The van der Waals surface area contributed by atoms with Crippen molar-refractivity contribution in [2.75, 3.05) is 0 Å². The van der Waals surface area contributed by atoms with E-state index in [9.17, 15) is 4.79 Å². The van der Waals surface area contributed by atoms with E-state index in [0.29, 0.717) is 5.03 Å². The average molecular weight is 146 g/mol. The van der Waals surface area contributed by atoms with Gasteiger partial charge in [0.05, 0.1) is 5.03 Å². The molecular formula is C5H14OSi2. The molecule has 0 atom stereocenters. The van der Waals surface area contributed by atoms with Gasteiger partial charge in [-0.15, -0.1) is 0 Å². The first-order valence-corrected chi connectivity index (χ1v) is 8.86. The van der Waals surface area contributed by atoms with Crippen LogP contribution in [0.15, 0.2) is 0 Å². The van der Waals surface area contributed by atoms with Gasteiger partial charge < -0.3 is 4.79 Å². The Morgan fingerprint density at radius 2 is 1.25 bits per heavy atom. The molecule has 0 saturated heterocycles. The number of rotatable bonds is 2. The summed E-state index contributed by atoms with van der Waals surface area (Å²) < 4.78 is 0. The lowest BCUT2D eigenvalue weighted by Gasteiger charge is -2.02. The van der Waals surface area contributed by atoms with Crippen LogP contribution in [0.4, 0.5) is 4.79 Å². The zero-order valence-corrected chi connectivity index (χ0v) is 8.37. The highest BCUT2D eigenvalue weighted by molar-refractivity contribution is 7.16. The molecule has 3 heteroatoms. The molecule has 0 rings (SSSR count). The summed E-state index contributed by atoms with van der Waals surface area (Å²) in [5, 5.41) is 0.630. The first-order chi connectivity index (χ1) is 3.55. The SMILES string of the molecule is C[SiH](C)C(=O)[SiH](C)C. The zero-order chi connectivity index (χ0) is 6.73. The number of hydrogen-bond acceptors (Lipinski definition) is 1. The second kappa shape index (κ2) is 3.19. The maximum Gasteiger partial charge on any atom is 0.104 e. The van der Waals surface area contributed by atoms with Gasteiger partial charge in [-0.3, -0.25) is 0 Å². The van der Waals surface area contributed by atoms with Crippen LogP contribution in [0.25, 0.3) is 0 Å². The van der Waals surface area contributed by atoms with E-state index < -0.39 is 17.6 Å². The summed E-state index contributed by atoms with van der Waals surface area (Å²) in [6, 6.07) is 0. The van der Waals surface area contributed by atoms with Gasteiger partial charge in [0.15, 0.2) is 0 Å². The normalized spacial score (nSPS) is 10.8. The van der Waals surface area contributed by atoms with Crippen LogP contribution < -0.4 is 0 Å². The molecule has 0 fully saturated rings. The third-order valence-corrected chi connectivity index (χ3v) is 7.41. The molecular weight excluding hydrogens is 132 g/mol. The van der Waals surface area contributed by atoms with E-state index in [4.69, 9.17) is 0 Å². The van der Waals surface area contributed by atoms with Crippen LogP contribution in [0.5, 0.6) is 0 Å². The maximum atomic E-state index is 11.0. The Bertz CT molecular complexity index is 78.4. The second-order valence-electron chi connectivity index (χ2n) is 2.71. The molecule has 0 bridgehead atoms. The number of hydrogen-bond donors (Lipinski definition) is 0. The van der Waals surface area contributed by atoms with Crippen molar-refractivity contribution < 1.29 is 4.79 Å². The molecule has 0 saturated carbocycles. The summed E-state index contributed by atoms with van der Waals surface area (Å²) in [5.41, 5.74) is 0. The predicted molar refractivity (Wildman–Crippen MR) is 43.2 cm³/mol. The lowest BCUT2D eigenvalue weighted by atomic mass is 11.7. The lowest BCUT2D eigenvalue weighted by molar-refractivity contribution is 0.273. The second-order valence-corrected chi connectivity index (χ2v) is 9.14. The third kappa shape index (κ3) is 2.42. The molecule has 0 amide bonds. The largest absolute Gasteiger partial charge is 0.312 e. The molecule has 0 N–H and O–H groups in total. The fourth-order valence-corrected chi connectivity index (χ4v) is 6.00. The summed E-state index contributed by atoms with van der Waals surface area (Å²) in [4.78, 5) is 11.0. The Morgan fingerprint density at radius 3 is 1.25 bits per heavy atom. The van der Waals surface area contributed by atoms with Gasteiger partial charge in [-0.05, 0) is 0 Å². The minimum Gasteiger partial charge on any atom is -0.312 e. The highest BCUT2D eigenvalue weighted by Gasteiger charge is 2.12. The van der Waals surface area contributed by atoms with Gasteiger partial charge >= 0.3 is 0 Å². The first-order valence-electron chi connectivity index (χ1n) is 3.09. The van der Waals surface area contributed by atoms with Crippen LogP contribution in [0.1, 0.15) is 0 Å². The predicted octanol–water partition coefficient (Wildman–Crippen LogP) is 1.24. The molecule has 0 spiro atoms. The average Bonchev–Trinajstić information content (AvgIpc) is 1.64. The summed E-state index contributed by atoms with van der Waals surface area (Å²) >= 11 is 0. The fraction of sp³-hybridized carbons (Fsp3) is 0.800. The van der Waals surface area contributed by atoms with Crippen LogP contribution in [-0.2, 0) is 0 Å². The van der Waals surface area contributed by atoms with Gasteiger partial charge in [-0.1, -0.05) is 26.2 Å². The minimum absolute atomic E-state index is 0.630. The van der Waals surface area contributed by atoms with Crippen LogP contribution in [0, 0.1) is 0 Å². The highest BCUT2D eigenvalue weighted by Crippen LogP contribution is 1.90. The third-order valence-electron chi connectivity index (χ3n) is 1.14. The van der Waals surface area contributed by atoms with Gasteiger partial charge in [-0.2, -0.15) is 0 Å². The van der Waals surface area contributed by atoms with E-state index in [0.717, 1.165) is 0 Å². The molecule has 0 aromatic rings. The Kier molecular flexibility index (Phi) is 3.23. The molecule has 1 nitrogen and oxygen atoms in total. The quantitative estimate of drug-likeness (QED) is 0.536. The van der Waals surface area contributed by atoms with Crippen molar-refractivity contribution in [1.82, 2.24) is 0 Å². The summed E-state index contributed by atoms with van der Waals surface area (Å²) in [6.07, 6.45) is 0. The molecule has 0 aromatic heterocycles. The Hall–Kier alpha value is 0.104. The minimum atomic E-state index is -0.900. The van der Waals surface area contributed by atoms with E-state index in [1.54, 1.807) is 0 Å². The Balaban J connectivity index is 3.65. The summed E-state index contributed by atoms with van der Waals surface area (Å²) in [6.45, 7) is 8.43. The molecule has 8 heavy (non-hydrogen) atoms. The van der Waals surface area contributed by atoms with E-state index >= 15 is 0 Å². The van der Waals surface area contributed by atoms with Crippen molar-refractivity contribution in [3.05, 3.63) is 0 Å². The van der Waals surface area contributed by atoms with E-state index in [-0.39, 0.29) is 0 Å². The van der Waals surface area contributed by atoms with Crippen LogP contribution >= 0.6 is 0 Å². The van der Waals surface area contributed by atoms with E-state index in [1.165, 1.54) is 0 Å². The molecule has 48 valence electrons. The van der Waals surface area contributed by atoms with Crippen molar-refractivity contribution in [1.29, 1.82) is 0 Å². The van der Waals surface area contributed by atoms with Crippen LogP contribution in [-0.4, -0.2) is 22.6 Å². The maximum absolute atomic E-state index is 11.0. The van der Waals surface area contributed by atoms with Crippen molar-refractivity contribution in [3.8, 4) is 0 Å². The number of carbonyl (C=O) groups excluding carboxylic acids is 1. The van der Waals surface area contributed by atoms with E-state index in [1.807, 2.05) is 0 Å². The van der Waals surface area contributed by atoms with Crippen molar-refractivity contribution >= 4 is 22.6 Å². The Morgan fingerprint density at radius 1 is 1.00 bits per heavy atom. The van der Waals surface area contributed by atoms with Gasteiger partial charge in [0, 0.05) is 0 Å². The first kappa shape index (κ1) is 8.10. The topological polar surface area (TPSA) is 17.1 Å². The van der Waals surface area contributed by atoms with Crippen molar-refractivity contribution in [3.63, 3.8) is 0 Å². The van der Waals surface area contributed by atoms with Gasteiger partial charge in [0.25, 0.3) is 0 Å². The van der Waals surface area contributed by atoms with Crippen molar-refractivity contribution in [2.24, 2.45) is 0 Å². The zero-order valence-electron chi connectivity index (χ0n) is 6.06. The van der Waals surface area contributed by atoms with E-state index in [2.05, 4.69) is 26.2 Å². The molecule has 0 heterocycles. The smallest absolute Gasteiger partial charge is 0.104 e.